The maximum absolute atomic E-state index is 12.9. The Kier molecular flexibility index (Phi) is 4.89. The van der Waals surface area contributed by atoms with Gasteiger partial charge in [0.1, 0.15) is 0 Å². The zero-order chi connectivity index (χ0) is 19.8. The first kappa shape index (κ1) is 18.6. The third-order valence-electron chi connectivity index (χ3n) is 5.33. The lowest BCUT2D eigenvalue weighted by Crippen LogP contribution is -2.42. The molecule has 0 bridgehead atoms. The van der Waals surface area contributed by atoms with Crippen LogP contribution in [0, 0.1) is 16.6 Å². The molecule has 0 unspecified atom stereocenters. The molecule has 0 saturated carbocycles. The monoisotopic (exact) mass is 393 g/mol. The average Bonchev–Trinajstić information content (AvgIpc) is 2.67. The van der Waals surface area contributed by atoms with Gasteiger partial charge in [-0.3, -0.25) is 14.2 Å². The van der Waals surface area contributed by atoms with Crippen LogP contribution >= 0.6 is 12.2 Å². The fourth-order valence-electron chi connectivity index (χ4n) is 4.16. The highest BCUT2D eigenvalue weighted by molar-refractivity contribution is 7.71. The second kappa shape index (κ2) is 7.36. The van der Waals surface area contributed by atoms with Gasteiger partial charge in [0.05, 0.1) is 16.6 Å². The van der Waals surface area contributed by atoms with Gasteiger partial charge in [-0.15, -0.1) is 0 Å². The predicted octanol–water partition coefficient (Wildman–Crippen LogP) is 4.17. The van der Waals surface area contributed by atoms with Crippen molar-refractivity contribution in [1.29, 1.82) is 0 Å². The topological polar surface area (TPSA) is 58.1 Å². The average molecular weight is 394 g/mol. The third kappa shape index (κ3) is 3.40. The van der Waals surface area contributed by atoms with E-state index in [9.17, 15) is 9.59 Å². The molecule has 6 heteroatoms. The molecule has 1 amide bonds. The van der Waals surface area contributed by atoms with E-state index >= 15 is 0 Å². The molecule has 0 radical (unpaired) electrons. The number of likely N-dealkylation sites (tertiary alicyclic amines) is 1. The molecule has 144 valence electrons. The SMILES string of the molecule is C[C@@H]1C[C@H](C)CN(C(=O)c2ccc(-n3c(=S)[nH]c4ccccc4c3=O)cc2)C1. The summed E-state index contributed by atoms with van der Waals surface area (Å²) in [6.45, 7) is 5.96. The Morgan fingerprint density at radius 1 is 1.04 bits per heavy atom. The molecule has 28 heavy (non-hydrogen) atoms. The molecule has 1 N–H and O–H groups in total. The summed E-state index contributed by atoms with van der Waals surface area (Å²) in [5, 5.41) is 0.576. The molecule has 5 nitrogen and oxygen atoms in total. The van der Waals surface area contributed by atoms with E-state index in [1.807, 2.05) is 23.1 Å². The Hall–Kier alpha value is -2.73. The fourth-order valence-corrected chi connectivity index (χ4v) is 4.46. The Morgan fingerprint density at radius 3 is 2.36 bits per heavy atom. The van der Waals surface area contributed by atoms with Crippen LogP contribution in [0.5, 0.6) is 0 Å². The second-order valence-electron chi connectivity index (χ2n) is 7.82. The number of aromatic amines is 1. The minimum absolute atomic E-state index is 0.0426. The van der Waals surface area contributed by atoms with E-state index in [0.29, 0.717) is 38.8 Å². The van der Waals surface area contributed by atoms with E-state index < -0.39 is 0 Å². The molecule has 0 aliphatic carbocycles. The van der Waals surface area contributed by atoms with E-state index in [4.69, 9.17) is 12.2 Å². The van der Waals surface area contributed by atoms with Crippen molar-refractivity contribution >= 4 is 29.0 Å². The van der Waals surface area contributed by atoms with Crippen molar-refractivity contribution in [3.8, 4) is 5.69 Å². The van der Waals surface area contributed by atoms with Crippen LogP contribution in [0.2, 0.25) is 0 Å². The largest absolute Gasteiger partial charge is 0.338 e. The van der Waals surface area contributed by atoms with Gasteiger partial charge in [-0.2, -0.15) is 0 Å². The fraction of sp³-hybridized carbons (Fsp3) is 0.318. The molecule has 2 atom stereocenters. The van der Waals surface area contributed by atoms with E-state index in [-0.39, 0.29) is 11.5 Å². The first-order chi connectivity index (χ1) is 13.4. The number of nitrogens with one attached hydrogen (secondary N) is 1. The van der Waals surface area contributed by atoms with Gasteiger partial charge in [-0.25, -0.2) is 0 Å². The Morgan fingerprint density at radius 2 is 1.68 bits per heavy atom. The molecular weight excluding hydrogens is 370 g/mol. The number of aromatic nitrogens is 2. The number of H-pyrrole nitrogens is 1. The first-order valence-corrected chi connectivity index (χ1v) is 9.98. The normalized spacial score (nSPS) is 19.7. The van der Waals surface area contributed by atoms with E-state index in [1.54, 1.807) is 30.3 Å². The minimum atomic E-state index is -0.169. The molecule has 1 saturated heterocycles. The van der Waals surface area contributed by atoms with Crippen molar-refractivity contribution in [2.24, 2.45) is 11.8 Å². The van der Waals surface area contributed by atoms with Crippen molar-refractivity contribution in [3.63, 3.8) is 0 Å². The zero-order valence-corrected chi connectivity index (χ0v) is 16.8. The molecular formula is C22H23N3O2S. The van der Waals surface area contributed by atoms with Crippen molar-refractivity contribution < 1.29 is 4.79 Å². The smallest absolute Gasteiger partial charge is 0.266 e. The van der Waals surface area contributed by atoms with Crippen LogP contribution in [0.3, 0.4) is 0 Å². The van der Waals surface area contributed by atoms with Crippen molar-refractivity contribution in [3.05, 3.63) is 69.2 Å². The van der Waals surface area contributed by atoms with Gasteiger partial charge in [0, 0.05) is 18.7 Å². The predicted molar refractivity (Wildman–Crippen MR) is 114 cm³/mol. The van der Waals surface area contributed by atoms with E-state index in [1.165, 1.54) is 4.57 Å². The van der Waals surface area contributed by atoms with E-state index in [0.717, 1.165) is 19.5 Å². The number of hydrogen-bond donors (Lipinski definition) is 1. The van der Waals surface area contributed by atoms with E-state index in [2.05, 4.69) is 18.8 Å². The highest BCUT2D eigenvalue weighted by Crippen LogP contribution is 2.23. The second-order valence-corrected chi connectivity index (χ2v) is 8.21. The van der Waals surface area contributed by atoms with Gasteiger partial charge in [0.15, 0.2) is 4.77 Å². The molecule has 1 aliphatic heterocycles. The number of rotatable bonds is 2. The highest BCUT2D eigenvalue weighted by Gasteiger charge is 2.26. The summed E-state index contributed by atoms with van der Waals surface area (Å²) in [5.41, 5.74) is 1.83. The molecule has 1 fully saturated rings. The maximum atomic E-state index is 12.9. The van der Waals surface area contributed by atoms with Gasteiger partial charge >= 0.3 is 0 Å². The minimum Gasteiger partial charge on any atom is -0.338 e. The molecule has 3 aromatic rings. The van der Waals surface area contributed by atoms with Crippen molar-refractivity contribution in [2.45, 2.75) is 20.3 Å². The number of para-hydroxylation sites is 1. The molecule has 1 aromatic heterocycles. The first-order valence-electron chi connectivity index (χ1n) is 9.58. The highest BCUT2D eigenvalue weighted by atomic mass is 32.1. The summed E-state index contributed by atoms with van der Waals surface area (Å²) < 4.78 is 1.80. The number of fused-ring (bicyclic) bond motifs is 1. The number of benzene rings is 2. The van der Waals surface area contributed by atoms with Crippen LogP contribution in [0.25, 0.3) is 16.6 Å². The summed E-state index contributed by atoms with van der Waals surface area (Å²) in [7, 11) is 0. The number of nitrogens with zero attached hydrogens (tertiary/aromatic N) is 2. The zero-order valence-electron chi connectivity index (χ0n) is 16.0. The van der Waals surface area contributed by atoms with Crippen LogP contribution in [-0.2, 0) is 0 Å². The Bertz CT molecular complexity index is 1140. The summed E-state index contributed by atoms with van der Waals surface area (Å²) in [5.74, 6) is 1.07. The summed E-state index contributed by atoms with van der Waals surface area (Å²) >= 11 is 5.39. The molecule has 4 rings (SSSR count). The summed E-state index contributed by atoms with van der Waals surface area (Å²) in [6.07, 6.45) is 1.16. The number of hydrogen-bond acceptors (Lipinski definition) is 3. The number of piperidine rings is 1. The molecule has 1 aliphatic rings. The quantitative estimate of drug-likeness (QED) is 0.665. The molecule has 2 heterocycles. The van der Waals surface area contributed by atoms with Crippen molar-refractivity contribution in [1.82, 2.24) is 14.5 Å². The Labute approximate surface area is 168 Å². The van der Waals surface area contributed by atoms with Gasteiger partial charge in [-0.1, -0.05) is 26.0 Å². The summed E-state index contributed by atoms with van der Waals surface area (Å²) in [6, 6.07) is 14.4. The van der Waals surface area contributed by atoms with Gasteiger partial charge < -0.3 is 9.88 Å². The lowest BCUT2D eigenvalue weighted by Gasteiger charge is -2.35. The van der Waals surface area contributed by atoms with Gasteiger partial charge in [0.2, 0.25) is 0 Å². The number of carbonyl (C=O) groups excluding carboxylic acids is 1. The van der Waals surface area contributed by atoms with Gasteiger partial charge in [0.25, 0.3) is 11.5 Å². The Balaban J connectivity index is 1.67. The molecule has 2 aromatic carbocycles. The summed E-state index contributed by atoms with van der Waals surface area (Å²) in [4.78, 5) is 30.8. The van der Waals surface area contributed by atoms with Crippen LogP contribution in [0.4, 0.5) is 0 Å². The lowest BCUT2D eigenvalue weighted by molar-refractivity contribution is 0.0623. The number of carbonyl (C=O) groups is 1. The van der Waals surface area contributed by atoms with Crippen molar-refractivity contribution in [2.75, 3.05) is 13.1 Å². The maximum Gasteiger partial charge on any atom is 0.266 e. The standard InChI is InChI=1S/C22H23N3O2S/c1-14-11-15(2)13-24(12-14)20(26)16-7-9-17(10-8-16)25-21(27)18-5-3-4-6-19(18)23-22(25)28/h3-10,14-15H,11-13H2,1-2H3,(H,23,28)/t14-,15+. The lowest BCUT2D eigenvalue weighted by atomic mass is 9.91. The van der Waals surface area contributed by atoms with Crippen LogP contribution in [0.15, 0.2) is 53.3 Å². The third-order valence-corrected chi connectivity index (χ3v) is 5.62. The molecule has 0 spiro atoms. The van der Waals surface area contributed by atoms with Gasteiger partial charge in [-0.05, 0) is 66.9 Å². The van der Waals surface area contributed by atoms with Crippen LogP contribution < -0.4 is 5.56 Å². The van der Waals surface area contributed by atoms with Crippen LogP contribution in [0.1, 0.15) is 30.6 Å². The number of amides is 1. The van der Waals surface area contributed by atoms with Crippen LogP contribution in [-0.4, -0.2) is 33.4 Å².